The first-order chi connectivity index (χ1) is 11.4. The molecule has 1 aliphatic rings. The Hall–Kier alpha value is -0.780. The van der Waals surface area contributed by atoms with Crippen molar-refractivity contribution in [2.45, 2.75) is 96.4 Å². The molecule has 0 heteroatoms. The highest BCUT2D eigenvalue weighted by molar-refractivity contribution is 5.53. The Morgan fingerprint density at radius 2 is 1.04 bits per heavy atom. The van der Waals surface area contributed by atoms with Crippen LogP contribution in [-0.2, 0) is 0 Å². The van der Waals surface area contributed by atoms with E-state index in [1.54, 1.807) is 27.9 Å². The van der Waals surface area contributed by atoms with Crippen molar-refractivity contribution in [2.75, 3.05) is 0 Å². The zero-order valence-corrected chi connectivity index (χ0v) is 19.6. The Balaban J connectivity index is 0.00000277. The molecule has 0 radical (unpaired) electrons. The van der Waals surface area contributed by atoms with E-state index >= 15 is 0 Å². The first-order valence-corrected chi connectivity index (χ1v) is 10.6. The van der Waals surface area contributed by atoms with Gasteiger partial charge in [0.05, 0.1) is 0 Å². The maximum atomic E-state index is 2.54. The van der Waals surface area contributed by atoms with Gasteiger partial charge in [0.15, 0.2) is 0 Å². The third-order valence-electron chi connectivity index (χ3n) is 4.98. The van der Waals surface area contributed by atoms with Crippen molar-refractivity contribution in [3.05, 3.63) is 33.9 Å². The van der Waals surface area contributed by atoms with Crippen LogP contribution >= 0.6 is 0 Å². The average Bonchev–Trinajstić information content (AvgIpc) is 2.65. The fourth-order valence-electron chi connectivity index (χ4n) is 4.08. The zero-order valence-electron chi connectivity index (χ0n) is 19.6. The van der Waals surface area contributed by atoms with Crippen LogP contribution in [0, 0.1) is 29.1 Å². The van der Waals surface area contributed by atoms with Gasteiger partial charge in [0, 0.05) is 0 Å². The molecule has 0 aromatic heterocycles. The molecular formula is C25H46. The number of allylic oxidation sites excluding steroid dienone is 6. The summed E-state index contributed by atoms with van der Waals surface area (Å²) in [5.41, 5.74) is 8.33. The van der Waals surface area contributed by atoms with E-state index in [0.29, 0.717) is 23.7 Å². The van der Waals surface area contributed by atoms with Gasteiger partial charge in [-0.25, -0.2) is 0 Å². The molecule has 0 unspecified atom stereocenters. The topological polar surface area (TPSA) is 0 Å². The molecule has 0 saturated carbocycles. The molecule has 0 aromatic rings. The second-order valence-corrected chi connectivity index (χ2v) is 9.46. The predicted octanol–water partition coefficient (Wildman–Crippen LogP) is 8.61. The molecule has 0 atom stereocenters. The van der Waals surface area contributed by atoms with Crippen molar-refractivity contribution in [1.29, 1.82) is 0 Å². The molecule has 0 heterocycles. The summed E-state index contributed by atoms with van der Waals surface area (Å²) in [7, 11) is 0. The van der Waals surface area contributed by atoms with Crippen LogP contribution in [0.4, 0.5) is 0 Å². The molecule has 0 saturated heterocycles. The molecule has 1 rings (SSSR count). The first-order valence-electron chi connectivity index (χ1n) is 10.6. The smallest absolute Gasteiger partial charge is 0.0124 e. The van der Waals surface area contributed by atoms with Crippen molar-refractivity contribution in [1.82, 2.24) is 0 Å². The Bertz CT molecular complexity index is 511. The number of hydrogen-bond acceptors (Lipinski definition) is 0. The average molecular weight is 347 g/mol. The maximum Gasteiger partial charge on any atom is -0.0124 e. The van der Waals surface area contributed by atoms with Gasteiger partial charge < -0.3 is 0 Å². The molecule has 0 spiro atoms. The Morgan fingerprint density at radius 3 is 1.32 bits per heavy atom. The molecule has 0 N–H and O–H groups in total. The standard InChI is InChI=1S/C23H40.C2H6/c1-14(2)18-12-13-19(23(9,10)11)21(16(5)6)22(17(7)8)20(18)15(3)4;1-2/h13-17H,12H2,1-11H3;1-2H3. The highest BCUT2D eigenvalue weighted by Gasteiger charge is 2.31. The number of hydrogen-bond donors (Lipinski definition) is 0. The van der Waals surface area contributed by atoms with Crippen LogP contribution in [0.2, 0.25) is 0 Å². The Labute approximate surface area is 159 Å². The normalized spacial score (nSPS) is 16.6. The number of rotatable bonds is 4. The second-order valence-electron chi connectivity index (χ2n) is 9.46. The molecule has 25 heavy (non-hydrogen) atoms. The Kier molecular flexibility index (Phi) is 9.48. The fourth-order valence-corrected chi connectivity index (χ4v) is 4.08. The summed E-state index contributed by atoms with van der Waals surface area (Å²) >= 11 is 0. The molecule has 0 bridgehead atoms. The zero-order chi connectivity index (χ0) is 20.1. The highest BCUT2D eigenvalue weighted by Crippen LogP contribution is 2.46. The summed E-state index contributed by atoms with van der Waals surface area (Å²) in [6.07, 6.45) is 3.66. The third-order valence-corrected chi connectivity index (χ3v) is 4.98. The van der Waals surface area contributed by atoms with E-state index < -0.39 is 0 Å². The summed E-state index contributed by atoms with van der Waals surface area (Å²) in [6, 6.07) is 0. The van der Waals surface area contributed by atoms with Crippen LogP contribution < -0.4 is 0 Å². The molecule has 0 amide bonds. The summed E-state index contributed by atoms with van der Waals surface area (Å²) in [4.78, 5) is 0. The lowest BCUT2D eigenvalue weighted by molar-refractivity contribution is 0.491. The summed E-state index contributed by atoms with van der Waals surface area (Å²) in [5.74, 6) is 2.34. The van der Waals surface area contributed by atoms with E-state index in [1.165, 1.54) is 0 Å². The van der Waals surface area contributed by atoms with Gasteiger partial charge in [-0.1, -0.05) is 102 Å². The summed E-state index contributed by atoms with van der Waals surface area (Å²) in [5, 5.41) is 0. The molecule has 0 aromatic carbocycles. The van der Waals surface area contributed by atoms with Gasteiger partial charge in [0.1, 0.15) is 0 Å². The lowest BCUT2D eigenvalue weighted by atomic mass is 9.72. The van der Waals surface area contributed by atoms with Crippen LogP contribution in [0.25, 0.3) is 0 Å². The van der Waals surface area contributed by atoms with Crippen LogP contribution in [-0.4, -0.2) is 0 Å². The van der Waals surface area contributed by atoms with Crippen LogP contribution in [0.15, 0.2) is 33.9 Å². The van der Waals surface area contributed by atoms with E-state index in [-0.39, 0.29) is 5.41 Å². The van der Waals surface area contributed by atoms with Crippen molar-refractivity contribution in [3.63, 3.8) is 0 Å². The predicted molar refractivity (Wildman–Crippen MR) is 117 cm³/mol. The van der Waals surface area contributed by atoms with Gasteiger partial charge in [-0.15, -0.1) is 0 Å². The molecule has 0 nitrogen and oxygen atoms in total. The minimum atomic E-state index is 0.203. The summed E-state index contributed by atoms with van der Waals surface area (Å²) in [6.45, 7) is 30.1. The van der Waals surface area contributed by atoms with Gasteiger partial charge in [0.2, 0.25) is 0 Å². The van der Waals surface area contributed by atoms with Gasteiger partial charge in [-0.3, -0.25) is 0 Å². The van der Waals surface area contributed by atoms with Gasteiger partial charge in [-0.05, 0) is 57.8 Å². The monoisotopic (exact) mass is 346 g/mol. The maximum absolute atomic E-state index is 2.54. The lowest BCUT2D eigenvalue weighted by Crippen LogP contribution is -2.19. The first kappa shape index (κ1) is 24.2. The molecule has 1 aliphatic carbocycles. The van der Waals surface area contributed by atoms with Crippen LogP contribution in [0.1, 0.15) is 96.4 Å². The van der Waals surface area contributed by atoms with E-state index in [4.69, 9.17) is 0 Å². The van der Waals surface area contributed by atoms with E-state index in [1.807, 2.05) is 13.8 Å². The van der Waals surface area contributed by atoms with E-state index in [2.05, 4.69) is 82.2 Å². The largest absolute Gasteiger partial charge is 0.0764 e. The van der Waals surface area contributed by atoms with Crippen molar-refractivity contribution >= 4 is 0 Å². The van der Waals surface area contributed by atoms with E-state index in [9.17, 15) is 0 Å². The van der Waals surface area contributed by atoms with Gasteiger partial charge in [0.25, 0.3) is 0 Å². The SMILES string of the molecule is CC.CC(C)C1=C(C(C)C)C(C(C)C)=C(C(C)C)C(C(C)(C)C)=CC1. The van der Waals surface area contributed by atoms with Crippen LogP contribution in [0.5, 0.6) is 0 Å². The van der Waals surface area contributed by atoms with Crippen LogP contribution in [0.3, 0.4) is 0 Å². The lowest BCUT2D eigenvalue weighted by Gasteiger charge is -2.32. The minimum Gasteiger partial charge on any atom is -0.0764 e. The van der Waals surface area contributed by atoms with Gasteiger partial charge in [-0.2, -0.15) is 0 Å². The third kappa shape index (κ3) is 5.87. The highest BCUT2D eigenvalue weighted by atomic mass is 14.4. The van der Waals surface area contributed by atoms with E-state index in [0.717, 1.165) is 6.42 Å². The molecule has 146 valence electrons. The van der Waals surface area contributed by atoms with Crippen molar-refractivity contribution in [2.24, 2.45) is 29.1 Å². The Morgan fingerprint density at radius 1 is 0.640 bits per heavy atom. The minimum absolute atomic E-state index is 0.203. The van der Waals surface area contributed by atoms with Crippen molar-refractivity contribution in [3.8, 4) is 0 Å². The molecule has 0 aliphatic heterocycles. The summed E-state index contributed by atoms with van der Waals surface area (Å²) < 4.78 is 0. The molecule has 0 fully saturated rings. The fraction of sp³-hybridized carbons (Fsp3) is 0.760. The van der Waals surface area contributed by atoms with Crippen molar-refractivity contribution < 1.29 is 0 Å². The molecular weight excluding hydrogens is 300 g/mol. The van der Waals surface area contributed by atoms with Gasteiger partial charge >= 0.3 is 0 Å². The second kappa shape index (κ2) is 9.79. The quantitative estimate of drug-likeness (QED) is 0.478.